The molecule has 1 N–H and O–H groups in total. The molecule has 0 atom stereocenters. The van der Waals surface area contributed by atoms with E-state index in [1.807, 2.05) is 18.2 Å². The first-order valence-corrected chi connectivity index (χ1v) is 7.49. The average Bonchev–Trinajstić information content (AvgIpc) is 2.03. The minimum absolute atomic E-state index is 0.415. The van der Waals surface area contributed by atoms with Gasteiger partial charge in [0.15, 0.2) is 0 Å². The van der Waals surface area contributed by atoms with Crippen molar-refractivity contribution in [3.8, 4) is 5.75 Å². The summed E-state index contributed by atoms with van der Waals surface area (Å²) in [6, 6.07) is 7.52. The van der Waals surface area contributed by atoms with Gasteiger partial charge in [0, 0.05) is 0 Å². The van der Waals surface area contributed by atoms with Gasteiger partial charge in [-0.25, -0.2) is 0 Å². The summed E-state index contributed by atoms with van der Waals surface area (Å²) < 4.78 is 1.55. The Labute approximate surface area is 104 Å². The van der Waals surface area contributed by atoms with Crippen LogP contribution in [0.5, 0.6) is 5.75 Å². The number of hydrogen-bond acceptors (Lipinski definition) is 1. The van der Waals surface area contributed by atoms with Crippen LogP contribution in [0, 0.1) is 0 Å². The second-order valence-corrected chi connectivity index (χ2v) is 14.2. The molecule has 0 aliphatic heterocycles. The zero-order valence-corrected chi connectivity index (χ0v) is 14.3. The van der Waals surface area contributed by atoms with Crippen LogP contribution < -0.4 is 0 Å². The summed E-state index contributed by atoms with van der Waals surface area (Å²) in [6.45, 7) is 0. The van der Waals surface area contributed by atoms with Crippen molar-refractivity contribution in [2.24, 2.45) is 0 Å². The SMILES string of the molecule is Oc1ccccc1CC=[C]([Pb])[Pb]. The van der Waals surface area contributed by atoms with Crippen molar-refractivity contribution in [3.63, 3.8) is 0 Å². The molecule has 6 radical (unpaired) electrons. The molecule has 0 aliphatic carbocycles. The third-order valence-corrected chi connectivity index (χ3v) is 3.10. The van der Waals surface area contributed by atoms with Crippen LogP contribution in [0.1, 0.15) is 5.56 Å². The number of phenolic OH excluding ortho intramolecular Hbond substituents is 1. The van der Waals surface area contributed by atoms with Gasteiger partial charge in [0.1, 0.15) is 0 Å². The summed E-state index contributed by atoms with van der Waals surface area (Å²) in [5, 5.41) is 9.42. The molecular formula is C9H8OPb2. The molecule has 0 spiro atoms. The van der Waals surface area contributed by atoms with Crippen LogP contribution in [-0.4, -0.2) is 56.6 Å². The molecule has 0 aliphatic rings. The fourth-order valence-corrected chi connectivity index (χ4v) is 1.69. The topological polar surface area (TPSA) is 20.2 Å². The molecule has 0 unspecified atom stereocenters. The number of benzene rings is 1. The normalized spacial score (nSPS) is 9.50. The van der Waals surface area contributed by atoms with E-state index < -0.39 is 0 Å². The van der Waals surface area contributed by atoms with Crippen molar-refractivity contribution in [2.75, 3.05) is 0 Å². The van der Waals surface area contributed by atoms with E-state index >= 15 is 0 Å². The van der Waals surface area contributed by atoms with Crippen LogP contribution in [0.2, 0.25) is 0 Å². The Kier molecular flexibility index (Phi) is 4.77. The molecule has 0 saturated heterocycles. The number of rotatable bonds is 2. The summed E-state index contributed by atoms with van der Waals surface area (Å²) in [5.41, 5.74) is 1.03. The number of para-hydroxylation sites is 1. The first-order valence-electron chi connectivity index (χ1n) is 3.60. The molecule has 12 heavy (non-hydrogen) atoms. The van der Waals surface area contributed by atoms with Gasteiger partial charge in [-0.05, 0) is 0 Å². The molecule has 0 saturated carbocycles. The fraction of sp³-hybridized carbons (Fsp3) is 0.111. The van der Waals surface area contributed by atoms with Crippen LogP contribution in [0.15, 0.2) is 31.0 Å². The number of aromatic hydroxyl groups is 1. The quantitative estimate of drug-likeness (QED) is 0.552. The monoisotopic (exact) mass is 548 g/mol. The second-order valence-electron chi connectivity index (χ2n) is 2.45. The van der Waals surface area contributed by atoms with Crippen LogP contribution in [0.4, 0.5) is 0 Å². The number of allylic oxidation sites excluding steroid dienone is 1. The Morgan fingerprint density at radius 2 is 2.00 bits per heavy atom. The van der Waals surface area contributed by atoms with E-state index in [4.69, 9.17) is 0 Å². The van der Waals surface area contributed by atoms with E-state index in [1.165, 1.54) is 51.5 Å². The average molecular weight is 547 g/mol. The molecule has 0 bridgehead atoms. The van der Waals surface area contributed by atoms with Gasteiger partial charge < -0.3 is 0 Å². The third-order valence-electron chi connectivity index (χ3n) is 1.52. The van der Waals surface area contributed by atoms with E-state index in [0.29, 0.717) is 5.75 Å². The predicted octanol–water partition coefficient (Wildman–Crippen LogP) is 1.11. The predicted molar refractivity (Wildman–Crippen MR) is 51.4 cm³/mol. The van der Waals surface area contributed by atoms with Crippen molar-refractivity contribution in [1.29, 1.82) is 0 Å². The number of hydrogen-bond donors (Lipinski definition) is 1. The van der Waals surface area contributed by atoms with Crippen molar-refractivity contribution in [2.45, 2.75) is 6.42 Å². The first-order chi connectivity index (χ1) is 5.70. The molecule has 1 nitrogen and oxygen atoms in total. The minimum atomic E-state index is 0.415. The van der Waals surface area contributed by atoms with Crippen molar-refractivity contribution in [3.05, 3.63) is 36.6 Å². The van der Waals surface area contributed by atoms with Gasteiger partial charge >= 0.3 is 105 Å². The molecule has 0 heterocycles. The van der Waals surface area contributed by atoms with Gasteiger partial charge in [-0.3, -0.25) is 0 Å². The summed E-state index contributed by atoms with van der Waals surface area (Å²) >= 11 is 2.34. The Balaban J connectivity index is 2.76. The van der Waals surface area contributed by atoms with Crippen LogP contribution in [-0.2, 0) is 6.42 Å². The maximum absolute atomic E-state index is 9.42. The first kappa shape index (κ1) is 10.7. The molecule has 1 rings (SSSR count). The van der Waals surface area contributed by atoms with E-state index in [2.05, 4.69) is 6.08 Å². The van der Waals surface area contributed by atoms with E-state index in [9.17, 15) is 5.11 Å². The third kappa shape index (κ3) is 3.55. The molecule has 1 aromatic carbocycles. The second kappa shape index (κ2) is 5.36. The Morgan fingerprint density at radius 3 is 2.58 bits per heavy atom. The Hall–Kier alpha value is 0.604. The van der Waals surface area contributed by atoms with Gasteiger partial charge in [0.2, 0.25) is 0 Å². The summed E-state index contributed by atoms with van der Waals surface area (Å²) in [4.78, 5) is 0. The van der Waals surface area contributed by atoms with Gasteiger partial charge in [0.25, 0.3) is 0 Å². The van der Waals surface area contributed by atoms with Gasteiger partial charge in [0.05, 0.1) is 0 Å². The molecule has 0 aromatic heterocycles. The van der Waals surface area contributed by atoms with Crippen LogP contribution in [0.3, 0.4) is 0 Å². The molecule has 0 amide bonds. The van der Waals surface area contributed by atoms with E-state index in [0.717, 1.165) is 12.0 Å². The van der Waals surface area contributed by atoms with Crippen LogP contribution >= 0.6 is 0 Å². The van der Waals surface area contributed by atoms with Crippen molar-refractivity contribution < 1.29 is 5.11 Å². The van der Waals surface area contributed by atoms with Gasteiger partial charge in [-0.15, -0.1) is 0 Å². The van der Waals surface area contributed by atoms with Crippen molar-refractivity contribution >= 4 is 51.5 Å². The van der Waals surface area contributed by atoms with Gasteiger partial charge in [-0.2, -0.15) is 0 Å². The van der Waals surface area contributed by atoms with E-state index in [1.54, 1.807) is 6.76 Å². The summed E-state index contributed by atoms with van der Waals surface area (Å²) in [7, 11) is 0. The van der Waals surface area contributed by atoms with E-state index in [-0.39, 0.29) is 0 Å². The Morgan fingerprint density at radius 1 is 1.33 bits per heavy atom. The zero-order valence-electron chi connectivity index (χ0n) is 6.54. The standard InChI is InChI=1S/C9H8O.2Pb/c1-2-5-8-6-3-4-7-9(8)10;;/h2-4,6-7,10H,5H2;;. The molecular weight excluding hydrogens is 538 g/mol. The zero-order chi connectivity index (χ0) is 8.97. The molecule has 1 aromatic rings. The maximum atomic E-state index is 9.42. The van der Waals surface area contributed by atoms with Crippen molar-refractivity contribution in [1.82, 2.24) is 0 Å². The number of phenols is 1. The van der Waals surface area contributed by atoms with Gasteiger partial charge in [-0.1, -0.05) is 0 Å². The summed E-state index contributed by atoms with van der Waals surface area (Å²) in [6.07, 6.45) is 3.11. The van der Waals surface area contributed by atoms with Crippen LogP contribution in [0.25, 0.3) is 0 Å². The fourth-order valence-electron chi connectivity index (χ4n) is 0.895. The Bertz CT molecular complexity index is 290. The molecule has 58 valence electrons. The molecule has 3 heteroatoms. The summed E-state index contributed by atoms with van der Waals surface area (Å²) in [5.74, 6) is 0.415. The molecule has 0 fully saturated rings.